The number of rotatable bonds is 4. The van der Waals surface area contributed by atoms with E-state index in [1.807, 2.05) is 25.1 Å². The summed E-state index contributed by atoms with van der Waals surface area (Å²) in [6, 6.07) is 8.52. The normalized spacial score (nSPS) is 10.2. The van der Waals surface area contributed by atoms with Crippen molar-refractivity contribution in [1.82, 2.24) is 15.3 Å². The van der Waals surface area contributed by atoms with Crippen LogP contribution in [0, 0.1) is 0 Å². The molecule has 1 heterocycles. The van der Waals surface area contributed by atoms with E-state index in [1.165, 1.54) is 0 Å². The summed E-state index contributed by atoms with van der Waals surface area (Å²) in [6.45, 7) is 0.281. The minimum absolute atomic E-state index is 0.180. The predicted molar refractivity (Wildman–Crippen MR) is 79.0 cm³/mol. The van der Waals surface area contributed by atoms with E-state index in [9.17, 15) is 4.79 Å². The van der Waals surface area contributed by atoms with Gasteiger partial charge >= 0.3 is 0 Å². The molecular weight excluding hydrogens is 276 g/mol. The van der Waals surface area contributed by atoms with Crippen LogP contribution in [0.15, 0.2) is 36.5 Å². The number of amides is 1. The fourth-order valence-electron chi connectivity index (χ4n) is 1.59. The number of nitrogens with one attached hydrogen (secondary N) is 1. The number of benzene rings is 1. The van der Waals surface area contributed by atoms with Gasteiger partial charge < -0.3 is 10.2 Å². The van der Waals surface area contributed by atoms with Gasteiger partial charge in [-0.05, 0) is 30.3 Å². The van der Waals surface area contributed by atoms with Gasteiger partial charge in [-0.15, -0.1) is 0 Å². The number of hydrogen-bond acceptors (Lipinski definition) is 4. The summed E-state index contributed by atoms with van der Waals surface area (Å²) in [4.78, 5) is 22.3. The van der Waals surface area contributed by atoms with Crippen LogP contribution in [0.4, 0.5) is 5.82 Å². The van der Waals surface area contributed by atoms with Gasteiger partial charge in [-0.3, -0.25) is 4.79 Å². The number of hydrogen-bond donors (Lipinski definition) is 1. The maximum Gasteiger partial charge on any atom is 0.251 e. The van der Waals surface area contributed by atoms with E-state index in [-0.39, 0.29) is 12.5 Å². The quantitative estimate of drug-likeness (QED) is 0.937. The highest BCUT2D eigenvalue weighted by Gasteiger charge is 2.07. The van der Waals surface area contributed by atoms with Crippen LogP contribution in [-0.4, -0.2) is 30.0 Å². The smallest absolute Gasteiger partial charge is 0.251 e. The van der Waals surface area contributed by atoms with E-state index in [1.54, 1.807) is 30.5 Å². The number of anilines is 1. The van der Waals surface area contributed by atoms with Gasteiger partial charge in [0.2, 0.25) is 0 Å². The zero-order valence-corrected chi connectivity index (χ0v) is 12.1. The average molecular weight is 291 g/mol. The molecule has 20 heavy (non-hydrogen) atoms. The molecule has 6 heteroatoms. The fourth-order valence-corrected chi connectivity index (χ4v) is 1.71. The molecule has 1 aromatic carbocycles. The number of nitrogens with zero attached hydrogens (tertiary/aromatic N) is 3. The van der Waals surface area contributed by atoms with Crippen molar-refractivity contribution in [3.8, 4) is 0 Å². The molecule has 0 saturated heterocycles. The first-order valence-electron chi connectivity index (χ1n) is 6.09. The fraction of sp³-hybridized carbons (Fsp3) is 0.214. The predicted octanol–water partition coefficient (Wildman–Crippen LogP) is 2.13. The third-order valence-corrected chi connectivity index (χ3v) is 2.91. The molecule has 0 aliphatic carbocycles. The first-order chi connectivity index (χ1) is 9.56. The van der Waals surface area contributed by atoms with Crippen molar-refractivity contribution >= 4 is 23.3 Å². The Morgan fingerprint density at radius 1 is 1.25 bits per heavy atom. The summed E-state index contributed by atoms with van der Waals surface area (Å²) in [7, 11) is 3.80. The second-order valence-electron chi connectivity index (χ2n) is 4.42. The lowest BCUT2D eigenvalue weighted by Gasteiger charge is -2.11. The molecule has 2 rings (SSSR count). The van der Waals surface area contributed by atoms with Gasteiger partial charge in [0.15, 0.2) is 0 Å². The third-order valence-electron chi connectivity index (χ3n) is 2.66. The van der Waals surface area contributed by atoms with Crippen molar-refractivity contribution in [3.63, 3.8) is 0 Å². The molecule has 0 atom stereocenters. The SMILES string of the molecule is CN(C)c1ccnc(CNC(=O)c2ccc(Cl)cc2)n1. The van der Waals surface area contributed by atoms with Crippen LogP contribution in [0.2, 0.25) is 5.02 Å². The van der Waals surface area contributed by atoms with E-state index in [4.69, 9.17) is 11.6 Å². The van der Waals surface area contributed by atoms with Gasteiger partial charge in [0.25, 0.3) is 5.91 Å². The summed E-state index contributed by atoms with van der Waals surface area (Å²) in [5.74, 6) is 1.19. The van der Waals surface area contributed by atoms with E-state index in [0.717, 1.165) is 5.82 Å². The van der Waals surface area contributed by atoms with Crippen molar-refractivity contribution in [1.29, 1.82) is 0 Å². The maximum absolute atomic E-state index is 11.9. The average Bonchev–Trinajstić information content (AvgIpc) is 2.46. The Morgan fingerprint density at radius 3 is 2.60 bits per heavy atom. The van der Waals surface area contributed by atoms with Crippen LogP contribution in [0.25, 0.3) is 0 Å². The largest absolute Gasteiger partial charge is 0.363 e. The zero-order chi connectivity index (χ0) is 14.5. The molecule has 104 valence electrons. The molecule has 2 aromatic rings. The minimum atomic E-state index is -0.180. The maximum atomic E-state index is 11.9. The summed E-state index contributed by atoms with van der Waals surface area (Å²) in [5.41, 5.74) is 0.554. The van der Waals surface area contributed by atoms with Gasteiger partial charge in [-0.1, -0.05) is 11.6 Å². The van der Waals surface area contributed by atoms with E-state index < -0.39 is 0 Å². The van der Waals surface area contributed by atoms with Crippen LogP contribution >= 0.6 is 11.6 Å². The van der Waals surface area contributed by atoms with Crippen LogP contribution in [-0.2, 0) is 6.54 Å². The van der Waals surface area contributed by atoms with E-state index >= 15 is 0 Å². The van der Waals surface area contributed by atoms with Gasteiger partial charge in [0.1, 0.15) is 11.6 Å². The van der Waals surface area contributed by atoms with Crippen molar-refractivity contribution in [2.75, 3.05) is 19.0 Å². The highest BCUT2D eigenvalue weighted by Crippen LogP contribution is 2.09. The molecule has 0 fully saturated rings. The standard InChI is InChI=1S/C14H15ClN4O/c1-19(2)13-7-8-16-12(18-13)9-17-14(20)10-3-5-11(15)6-4-10/h3-8H,9H2,1-2H3,(H,17,20). The molecule has 1 N–H and O–H groups in total. The second kappa shape index (κ2) is 6.34. The summed E-state index contributed by atoms with van der Waals surface area (Å²) >= 11 is 5.78. The van der Waals surface area contributed by atoms with Crippen molar-refractivity contribution < 1.29 is 4.79 Å². The highest BCUT2D eigenvalue weighted by atomic mass is 35.5. The lowest BCUT2D eigenvalue weighted by molar-refractivity contribution is 0.0950. The Bertz CT molecular complexity index is 598. The molecule has 0 aliphatic rings. The Balaban J connectivity index is 1.99. The monoisotopic (exact) mass is 290 g/mol. The Hall–Kier alpha value is -2.14. The van der Waals surface area contributed by atoms with Crippen LogP contribution < -0.4 is 10.2 Å². The minimum Gasteiger partial charge on any atom is -0.363 e. The Morgan fingerprint density at radius 2 is 1.95 bits per heavy atom. The second-order valence-corrected chi connectivity index (χ2v) is 4.85. The summed E-state index contributed by atoms with van der Waals surface area (Å²) in [6.07, 6.45) is 1.67. The molecule has 0 saturated carbocycles. The van der Waals surface area contributed by atoms with Crippen molar-refractivity contribution in [3.05, 3.63) is 52.9 Å². The number of aromatic nitrogens is 2. The third kappa shape index (κ3) is 3.68. The number of carbonyl (C=O) groups excluding carboxylic acids is 1. The molecule has 0 aliphatic heterocycles. The van der Waals surface area contributed by atoms with Crippen LogP contribution in [0.3, 0.4) is 0 Å². The van der Waals surface area contributed by atoms with Crippen molar-refractivity contribution in [2.24, 2.45) is 0 Å². The van der Waals surface area contributed by atoms with E-state index in [0.29, 0.717) is 16.4 Å². The van der Waals surface area contributed by atoms with Gasteiger partial charge in [0, 0.05) is 30.9 Å². The molecule has 0 spiro atoms. The Kier molecular flexibility index (Phi) is 4.53. The Labute approximate surface area is 122 Å². The number of halogens is 1. The van der Waals surface area contributed by atoms with Crippen LogP contribution in [0.5, 0.6) is 0 Å². The van der Waals surface area contributed by atoms with E-state index in [2.05, 4.69) is 15.3 Å². The molecule has 1 aromatic heterocycles. The summed E-state index contributed by atoms with van der Waals surface area (Å²) < 4.78 is 0. The lowest BCUT2D eigenvalue weighted by atomic mass is 10.2. The lowest BCUT2D eigenvalue weighted by Crippen LogP contribution is -2.24. The molecular formula is C14H15ClN4O. The zero-order valence-electron chi connectivity index (χ0n) is 11.3. The molecule has 1 amide bonds. The molecule has 0 unspecified atom stereocenters. The van der Waals surface area contributed by atoms with Gasteiger partial charge in [-0.2, -0.15) is 0 Å². The summed E-state index contributed by atoms with van der Waals surface area (Å²) in [5, 5.41) is 3.38. The first-order valence-corrected chi connectivity index (χ1v) is 6.47. The highest BCUT2D eigenvalue weighted by molar-refractivity contribution is 6.30. The molecule has 0 radical (unpaired) electrons. The van der Waals surface area contributed by atoms with Gasteiger partial charge in [0.05, 0.1) is 6.54 Å². The molecule has 0 bridgehead atoms. The number of carbonyl (C=O) groups is 1. The molecule has 5 nitrogen and oxygen atoms in total. The van der Waals surface area contributed by atoms with Gasteiger partial charge in [-0.25, -0.2) is 9.97 Å². The van der Waals surface area contributed by atoms with Crippen LogP contribution in [0.1, 0.15) is 16.2 Å². The van der Waals surface area contributed by atoms with Crippen molar-refractivity contribution in [2.45, 2.75) is 6.54 Å². The first kappa shape index (κ1) is 14.3. The topological polar surface area (TPSA) is 58.1 Å².